The van der Waals surface area contributed by atoms with Crippen molar-refractivity contribution in [1.29, 1.82) is 0 Å². The van der Waals surface area contributed by atoms with Crippen LogP contribution in [0.1, 0.15) is 279 Å². The van der Waals surface area contributed by atoms with E-state index in [0.717, 1.165) is 76.0 Å². The van der Waals surface area contributed by atoms with Crippen LogP contribution >= 0.6 is 0 Å². The molecule has 0 fully saturated rings. The van der Waals surface area contributed by atoms with E-state index in [4.69, 9.17) is 14.2 Å². The molecule has 0 rings (SSSR count). The number of carbonyl (C=O) groups is 3. The number of hydrogen-bond acceptors (Lipinski definition) is 6. The maximum absolute atomic E-state index is 12.7. The molecule has 0 amide bonds. The van der Waals surface area contributed by atoms with Crippen molar-refractivity contribution in [3.05, 3.63) is 0 Å². The zero-order chi connectivity index (χ0) is 41.9. The van der Waals surface area contributed by atoms with Gasteiger partial charge in [0.1, 0.15) is 13.2 Å². The fourth-order valence-corrected chi connectivity index (χ4v) is 7.64. The van der Waals surface area contributed by atoms with Crippen LogP contribution in [-0.2, 0) is 28.6 Å². The van der Waals surface area contributed by atoms with Crippen molar-refractivity contribution in [2.45, 2.75) is 285 Å². The SMILES string of the molecule is CCCCCCCC(=O)OC[C@@H](COC(=O)CCCCCCCCCCCCCCCCCC(C)C)OC(=O)CCCCCCCCCCCCCCCC(C)C. The van der Waals surface area contributed by atoms with Crippen LogP contribution in [0.4, 0.5) is 0 Å². The zero-order valence-corrected chi connectivity index (χ0v) is 39.0. The Labute approximate surface area is 355 Å². The minimum Gasteiger partial charge on any atom is -0.462 e. The van der Waals surface area contributed by atoms with Crippen LogP contribution in [0.2, 0.25) is 0 Å². The van der Waals surface area contributed by atoms with Gasteiger partial charge in [0, 0.05) is 19.3 Å². The highest BCUT2D eigenvalue weighted by Crippen LogP contribution is 2.17. The average molecular weight is 807 g/mol. The van der Waals surface area contributed by atoms with E-state index in [1.54, 1.807) is 0 Å². The minimum absolute atomic E-state index is 0.0647. The highest BCUT2D eigenvalue weighted by Gasteiger charge is 2.19. The van der Waals surface area contributed by atoms with Crippen molar-refractivity contribution < 1.29 is 28.6 Å². The van der Waals surface area contributed by atoms with Crippen molar-refractivity contribution in [3.8, 4) is 0 Å². The van der Waals surface area contributed by atoms with Crippen LogP contribution in [0.5, 0.6) is 0 Å². The highest BCUT2D eigenvalue weighted by atomic mass is 16.6. The maximum Gasteiger partial charge on any atom is 0.306 e. The summed E-state index contributed by atoms with van der Waals surface area (Å²) in [5.41, 5.74) is 0. The molecular weight excluding hydrogens is 709 g/mol. The summed E-state index contributed by atoms with van der Waals surface area (Å²) >= 11 is 0. The highest BCUT2D eigenvalue weighted by molar-refractivity contribution is 5.71. The smallest absolute Gasteiger partial charge is 0.306 e. The average Bonchev–Trinajstić information content (AvgIpc) is 3.18. The number of esters is 3. The molecule has 0 aliphatic carbocycles. The predicted molar refractivity (Wildman–Crippen MR) is 243 cm³/mol. The van der Waals surface area contributed by atoms with E-state index in [1.807, 2.05) is 0 Å². The van der Waals surface area contributed by atoms with Crippen LogP contribution in [0.3, 0.4) is 0 Å². The molecule has 0 bridgehead atoms. The topological polar surface area (TPSA) is 78.9 Å². The van der Waals surface area contributed by atoms with Gasteiger partial charge in [-0.2, -0.15) is 0 Å². The Morgan fingerprint density at radius 2 is 0.579 bits per heavy atom. The van der Waals surface area contributed by atoms with E-state index in [9.17, 15) is 14.4 Å². The molecule has 0 unspecified atom stereocenters. The van der Waals surface area contributed by atoms with Gasteiger partial charge in [-0.05, 0) is 31.1 Å². The van der Waals surface area contributed by atoms with E-state index in [1.165, 1.54) is 161 Å². The zero-order valence-electron chi connectivity index (χ0n) is 39.0. The Kier molecular flexibility index (Phi) is 42.7. The first-order chi connectivity index (χ1) is 27.7. The second-order valence-electron chi connectivity index (χ2n) is 18.4. The molecule has 57 heavy (non-hydrogen) atoms. The van der Waals surface area contributed by atoms with Crippen LogP contribution in [-0.4, -0.2) is 37.2 Å². The fourth-order valence-electron chi connectivity index (χ4n) is 7.64. The third-order valence-electron chi connectivity index (χ3n) is 11.5. The second-order valence-corrected chi connectivity index (χ2v) is 18.4. The minimum atomic E-state index is -0.759. The summed E-state index contributed by atoms with van der Waals surface area (Å²) < 4.78 is 16.7. The number of ether oxygens (including phenoxy) is 3. The molecule has 0 saturated carbocycles. The number of carbonyl (C=O) groups excluding carboxylic acids is 3. The van der Waals surface area contributed by atoms with Crippen LogP contribution in [0.25, 0.3) is 0 Å². The van der Waals surface area contributed by atoms with Crippen LogP contribution in [0.15, 0.2) is 0 Å². The Bertz CT molecular complexity index is 870. The lowest BCUT2D eigenvalue weighted by molar-refractivity contribution is -0.167. The quantitative estimate of drug-likeness (QED) is 0.0346. The number of hydrogen-bond donors (Lipinski definition) is 0. The van der Waals surface area contributed by atoms with Crippen LogP contribution < -0.4 is 0 Å². The van der Waals surface area contributed by atoms with Gasteiger partial charge in [0.05, 0.1) is 0 Å². The molecule has 6 heteroatoms. The largest absolute Gasteiger partial charge is 0.462 e. The molecule has 0 aromatic rings. The molecule has 6 nitrogen and oxygen atoms in total. The Morgan fingerprint density at radius 3 is 0.860 bits per heavy atom. The Morgan fingerprint density at radius 1 is 0.333 bits per heavy atom. The van der Waals surface area contributed by atoms with Gasteiger partial charge in [-0.15, -0.1) is 0 Å². The van der Waals surface area contributed by atoms with Crippen molar-refractivity contribution in [3.63, 3.8) is 0 Å². The molecule has 0 N–H and O–H groups in total. The summed E-state index contributed by atoms with van der Waals surface area (Å²) in [6, 6.07) is 0. The van der Waals surface area contributed by atoms with E-state index < -0.39 is 6.10 Å². The van der Waals surface area contributed by atoms with Crippen molar-refractivity contribution in [2.24, 2.45) is 11.8 Å². The predicted octanol–water partition coefficient (Wildman–Crippen LogP) is 16.1. The van der Waals surface area contributed by atoms with Gasteiger partial charge >= 0.3 is 17.9 Å². The lowest BCUT2D eigenvalue weighted by atomic mass is 10.0. The Hall–Kier alpha value is -1.59. The van der Waals surface area contributed by atoms with Gasteiger partial charge in [0.15, 0.2) is 6.10 Å². The summed E-state index contributed by atoms with van der Waals surface area (Å²) in [4.78, 5) is 37.6. The monoisotopic (exact) mass is 807 g/mol. The van der Waals surface area contributed by atoms with Gasteiger partial charge in [0.2, 0.25) is 0 Å². The summed E-state index contributed by atoms with van der Waals surface area (Å²) in [5.74, 6) is 0.824. The fraction of sp³-hybridized carbons (Fsp3) is 0.941. The number of rotatable bonds is 45. The Balaban J connectivity index is 4.11. The molecule has 0 heterocycles. The summed E-state index contributed by atoms with van der Waals surface area (Å²) in [6.45, 7) is 11.3. The molecule has 0 spiro atoms. The summed E-state index contributed by atoms with van der Waals surface area (Å²) in [5, 5.41) is 0. The molecule has 338 valence electrons. The number of unbranched alkanes of at least 4 members (excludes halogenated alkanes) is 30. The molecule has 1 atom stereocenters. The third kappa shape index (κ3) is 45.3. The summed E-state index contributed by atoms with van der Waals surface area (Å²) in [6.07, 6.45) is 44.1. The molecule has 0 saturated heterocycles. The summed E-state index contributed by atoms with van der Waals surface area (Å²) in [7, 11) is 0. The standard InChI is InChI=1S/C51H98O6/c1-6-7-8-29-36-41-49(52)55-44-48(57-51(54)43-38-33-28-24-20-16-12-14-18-22-26-31-35-40-47(4)5)45-56-50(53)42-37-32-27-23-19-15-11-9-10-13-17-21-25-30-34-39-46(2)3/h46-48H,6-45H2,1-5H3/t48-/m0/s1. The van der Waals surface area contributed by atoms with Crippen molar-refractivity contribution in [2.75, 3.05) is 13.2 Å². The lowest BCUT2D eigenvalue weighted by Gasteiger charge is -2.18. The first kappa shape index (κ1) is 55.4. The first-order valence-electron chi connectivity index (χ1n) is 25.2. The second kappa shape index (κ2) is 44.0. The molecule has 0 aromatic carbocycles. The normalized spacial score (nSPS) is 12.1. The van der Waals surface area contributed by atoms with Crippen LogP contribution in [0, 0.1) is 11.8 Å². The van der Waals surface area contributed by atoms with Crippen molar-refractivity contribution >= 4 is 17.9 Å². The molecule has 0 aliphatic rings. The molecule has 0 radical (unpaired) electrons. The van der Waals surface area contributed by atoms with Gasteiger partial charge in [-0.25, -0.2) is 0 Å². The third-order valence-corrected chi connectivity index (χ3v) is 11.5. The maximum atomic E-state index is 12.7. The lowest BCUT2D eigenvalue weighted by Crippen LogP contribution is -2.30. The van der Waals surface area contributed by atoms with E-state index in [0.29, 0.717) is 19.3 Å². The molecular formula is C51H98O6. The van der Waals surface area contributed by atoms with Crippen molar-refractivity contribution in [1.82, 2.24) is 0 Å². The molecule has 0 aromatic heterocycles. The molecule has 0 aliphatic heterocycles. The van der Waals surface area contributed by atoms with Gasteiger partial charge in [-0.1, -0.05) is 240 Å². The first-order valence-corrected chi connectivity index (χ1v) is 25.2. The van der Waals surface area contributed by atoms with E-state index >= 15 is 0 Å². The van der Waals surface area contributed by atoms with E-state index in [-0.39, 0.29) is 31.1 Å². The van der Waals surface area contributed by atoms with Gasteiger partial charge in [0.25, 0.3) is 0 Å². The van der Waals surface area contributed by atoms with E-state index in [2.05, 4.69) is 34.6 Å². The van der Waals surface area contributed by atoms with Gasteiger partial charge in [-0.3, -0.25) is 14.4 Å². The van der Waals surface area contributed by atoms with Gasteiger partial charge < -0.3 is 14.2 Å².